The average molecular weight is 424 g/mol. The van der Waals surface area contributed by atoms with Crippen molar-refractivity contribution in [3.05, 3.63) is 88.9 Å². The third-order valence-electron chi connectivity index (χ3n) is 3.90. The predicted octanol–water partition coefficient (Wildman–Crippen LogP) is 4.84. The molecule has 0 aliphatic carbocycles. The average Bonchev–Trinajstić information content (AvgIpc) is 2.69. The molecule has 0 fully saturated rings. The number of nitrogens with one attached hydrogen (secondary N) is 1. The number of amides is 1. The summed E-state index contributed by atoms with van der Waals surface area (Å²) in [5.41, 5.74) is 3.70. The third kappa shape index (κ3) is 5.79. The van der Waals surface area contributed by atoms with Crippen molar-refractivity contribution in [3.8, 4) is 11.1 Å². The van der Waals surface area contributed by atoms with E-state index in [9.17, 15) is 9.59 Å². The number of carbonyl (C=O) groups excluding carboxylic acids is 2. The van der Waals surface area contributed by atoms with Crippen molar-refractivity contribution in [3.63, 3.8) is 0 Å². The maximum atomic E-state index is 12.0. The number of benzene rings is 3. The first-order chi connectivity index (χ1) is 13.1. The molecule has 0 radical (unpaired) electrons. The lowest BCUT2D eigenvalue weighted by atomic mass is 10.0. The standard InChI is InChI=1S/C22H18BrNO3/c23-19-10-12-20(13-11-19)24-21(25)15-27-22(26)14-16-6-8-18(9-7-16)17-4-2-1-3-5-17/h1-13H,14-15H2,(H,24,25). The summed E-state index contributed by atoms with van der Waals surface area (Å²) in [5.74, 6) is -0.807. The van der Waals surface area contributed by atoms with E-state index in [-0.39, 0.29) is 18.9 Å². The van der Waals surface area contributed by atoms with Crippen molar-refractivity contribution in [2.45, 2.75) is 6.42 Å². The van der Waals surface area contributed by atoms with Crippen molar-refractivity contribution >= 4 is 33.5 Å². The number of carbonyl (C=O) groups is 2. The van der Waals surface area contributed by atoms with Crippen LogP contribution in [0.15, 0.2) is 83.3 Å². The molecule has 1 amide bonds. The van der Waals surface area contributed by atoms with Gasteiger partial charge in [-0.1, -0.05) is 70.5 Å². The molecule has 0 aromatic heterocycles. The summed E-state index contributed by atoms with van der Waals surface area (Å²) >= 11 is 3.33. The Balaban J connectivity index is 1.47. The smallest absolute Gasteiger partial charge is 0.310 e. The highest BCUT2D eigenvalue weighted by Gasteiger charge is 2.09. The minimum absolute atomic E-state index is 0.126. The second-order valence-corrected chi connectivity index (χ2v) is 6.87. The van der Waals surface area contributed by atoms with Crippen LogP contribution in [0, 0.1) is 0 Å². The topological polar surface area (TPSA) is 55.4 Å². The zero-order chi connectivity index (χ0) is 19.1. The van der Waals surface area contributed by atoms with Crippen LogP contribution in [0.25, 0.3) is 11.1 Å². The molecule has 0 unspecified atom stereocenters. The van der Waals surface area contributed by atoms with Gasteiger partial charge in [-0.2, -0.15) is 0 Å². The second-order valence-electron chi connectivity index (χ2n) is 5.96. The van der Waals surface area contributed by atoms with Gasteiger partial charge in [-0.05, 0) is 41.0 Å². The first kappa shape index (κ1) is 18.9. The molecule has 3 aromatic carbocycles. The molecule has 0 saturated carbocycles. The maximum absolute atomic E-state index is 12.0. The molecule has 0 saturated heterocycles. The molecule has 3 rings (SSSR count). The fourth-order valence-electron chi connectivity index (χ4n) is 2.54. The lowest BCUT2D eigenvalue weighted by molar-refractivity contribution is -0.146. The number of esters is 1. The molecule has 0 atom stereocenters. The Morgan fingerprint density at radius 1 is 0.815 bits per heavy atom. The SMILES string of the molecule is O=C(COC(=O)Cc1ccc(-c2ccccc2)cc1)Nc1ccc(Br)cc1. The summed E-state index contributed by atoms with van der Waals surface area (Å²) in [6.45, 7) is -0.309. The Kier molecular flexibility index (Phi) is 6.39. The summed E-state index contributed by atoms with van der Waals surface area (Å²) in [7, 11) is 0. The Labute approximate surface area is 166 Å². The highest BCUT2D eigenvalue weighted by atomic mass is 79.9. The normalized spacial score (nSPS) is 10.3. The monoisotopic (exact) mass is 423 g/mol. The Morgan fingerprint density at radius 2 is 1.44 bits per heavy atom. The largest absolute Gasteiger partial charge is 0.455 e. The number of ether oxygens (including phenoxy) is 1. The molecule has 1 N–H and O–H groups in total. The molecular formula is C22H18BrNO3. The lowest BCUT2D eigenvalue weighted by Gasteiger charge is -2.07. The zero-order valence-corrected chi connectivity index (χ0v) is 16.1. The van der Waals surface area contributed by atoms with Crippen LogP contribution >= 0.6 is 15.9 Å². The molecule has 0 spiro atoms. The summed E-state index contributed by atoms with van der Waals surface area (Å²) < 4.78 is 5.98. The molecule has 136 valence electrons. The van der Waals surface area contributed by atoms with Gasteiger partial charge in [-0.25, -0.2) is 0 Å². The van der Waals surface area contributed by atoms with E-state index >= 15 is 0 Å². The minimum atomic E-state index is -0.437. The van der Waals surface area contributed by atoms with Gasteiger partial charge in [0.05, 0.1) is 6.42 Å². The Hall–Kier alpha value is -2.92. The van der Waals surface area contributed by atoms with Gasteiger partial charge in [0.2, 0.25) is 0 Å². The molecule has 5 heteroatoms. The molecule has 0 bridgehead atoms. The van der Waals surface area contributed by atoms with Crippen molar-refractivity contribution in [1.29, 1.82) is 0 Å². The van der Waals surface area contributed by atoms with Crippen LogP contribution in [-0.4, -0.2) is 18.5 Å². The van der Waals surface area contributed by atoms with Crippen LogP contribution in [0.2, 0.25) is 0 Å². The van der Waals surface area contributed by atoms with E-state index in [0.717, 1.165) is 21.2 Å². The lowest BCUT2D eigenvalue weighted by Crippen LogP contribution is -2.21. The van der Waals surface area contributed by atoms with Gasteiger partial charge in [0.15, 0.2) is 6.61 Å². The van der Waals surface area contributed by atoms with E-state index in [1.54, 1.807) is 12.1 Å². The molecule has 27 heavy (non-hydrogen) atoms. The zero-order valence-electron chi connectivity index (χ0n) is 14.5. The highest BCUT2D eigenvalue weighted by Crippen LogP contribution is 2.19. The van der Waals surface area contributed by atoms with Gasteiger partial charge >= 0.3 is 5.97 Å². The third-order valence-corrected chi connectivity index (χ3v) is 4.43. The summed E-state index contributed by atoms with van der Waals surface area (Å²) in [6.07, 6.45) is 0.126. The van der Waals surface area contributed by atoms with Gasteiger partial charge in [0.1, 0.15) is 0 Å². The van der Waals surface area contributed by atoms with E-state index in [2.05, 4.69) is 21.2 Å². The molecule has 0 aliphatic rings. The molecule has 4 nitrogen and oxygen atoms in total. The van der Waals surface area contributed by atoms with E-state index in [1.165, 1.54) is 0 Å². The number of rotatable bonds is 6. The fourth-order valence-corrected chi connectivity index (χ4v) is 2.80. The molecule has 0 aliphatic heterocycles. The first-order valence-electron chi connectivity index (χ1n) is 8.45. The Bertz CT molecular complexity index is 907. The minimum Gasteiger partial charge on any atom is -0.455 e. The van der Waals surface area contributed by atoms with Crippen LogP contribution in [0.5, 0.6) is 0 Å². The van der Waals surface area contributed by atoms with Gasteiger partial charge in [0.25, 0.3) is 5.91 Å². The van der Waals surface area contributed by atoms with Gasteiger partial charge in [0, 0.05) is 10.2 Å². The fraction of sp³-hybridized carbons (Fsp3) is 0.0909. The van der Waals surface area contributed by atoms with Gasteiger partial charge in [-0.3, -0.25) is 9.59 Å². The number of anilines is 1. The molecule has 3 aromatic rings. The van der Waals surface area contributed by atoms with Crippen molar-refractivity contribution in [2.24, 2.45) is 0 Å². The summed E-state index contributed by atoms with van der Waals surface area (Å²) in [4.78, 5) is 23.8. The van der Waals surface area contributed by atoms with Crippen LogP contribution in [-0.2, 0) is 20.7 Å². The van der Waals surface area contributed by atoms with Crippen LogP contribution in [0.3, 0.4) is 0 Å². The molecule has 0 heterocycles. The Morgan fingerprint density at radius 3 is 2.11 bits per heavy atom. The van der Waals surface area contributed by atoms with Crippen molar-refractivity contribution < 1.29 is 14.3 Å². The van der Waals surface area contributed by atoms with E-state index < -0.39 is 5.97 Å². The quantitative estimate of drug-likeness (QED) is 0.577. The first-order valence-corrected chi connectivity index (χ1v) is 9.25. The molecular weight excluding hydrogens is 406 g/mol. The number of hydrogen-bond donors (Lipinski definition) is 1. The van der Waals surface area contributed by atoms with Gasteiger partial charge in [-0.15, -0.1) is 0 Å². The van der Waals surface area contributed by atoms with Crippen LogP contribution in [0.1, 0.15) is 5.56 Å². The van der Waals surface area contributed by atoms with Crippen LogP contribution < -0.4 is 5.32 Å². The van der Waals surface area contributed by atoms with Crippen molar-refractivity contribution in [1.82, 2.24) is 0 Å². The highest BCUT2D eigenvalue weighted by molar-refractivity contribution is 9.10. The van der Waals surface area contributed by atoms with E-state index in [0.29, 0.717) is 5.69 Å². The summed E-state index contributed by atoms with van der Waals surface area (Å²) in [5, 5.41) is 2.68. The van der Waals surface area contributed by atoms with E-state index in [1.807, 2.05) is 66.7 Å². The number of hydrogen-bond acceptors (Lipinski definition) is 3. The second kappa shape index (κ2) is 9.14. The van der Waals surface area contributed by atoms with Crippen molar-refractivity contribution in [2.75, 3.05) is 11.9 Å². The number of halogens is 1. The van der Waals surface area contributed by atoms with E-state index in [4.69, 9.17) is 4.74 Å². The van der Waals surface area contributed by atoms with Crippen LogP contribution in [0.4, 0.5) is 5.69 Å². The van der Waals surface area contributed by atoms with Gasteiger partial charge < -0.3 is 10.1 Å². The summed E-state index contributed by atoms with van der Waals surface area (Å²) in [6, 6.07) is 24.9. The maximum Gasteiger partial charge on any atom is 0.310 e. The predicted molar refractivity (Wildman–Crippen MR) is 109 cm³/mol.